The molecule has 4 nitrogen and oxygen atoms in total. The number of amides is 2. The average Bonchev–Trinajstić information content (AvgIpc) is 3.25. The summed E-state index contributed by atoms with van der Waals surface area (Å²) in [7, 11) is 0. The number of carbonyl (C=O) groups is 1. The Labute approximate surface area is 189 Å². The van der Waals surface area contributed by atoms with Crippen molar-refractivity contribution in [2.45, 2.75) is 32.9 Å². The largest absolute Gasteiger partial charge is 0.322 e. The van der Waals surface area contributed by atoms with E-state index < -0.39 is 0 Å². The standard InChI is InChI=1S/C28H27N3O/c1-3-21-14-16-22(17-15-21)27-26-13-8-18-30(26)25-12-7-5-10-23(25)19-31(27)28(32)29-24-11-6-4-9-20(24)2/h4-18,27H,3,19H2,1-2H3,(H,29,32)/t27-/m1/s1. The lowest BCUT2D eigenvalue weighted by atomic mass is 10.00. The summed E-state index contributed by atoms with van der Waals surface area (Å²) in [5.74, 6) is 0. The zero-order chi connectivity index (χ0) is 22.1. The van der Waals surface area contributed by atoms with Crippen molar-refractivity contribution in [3.05, 3.63) is 119 Å². The van der Waals surface area contributed by atoms with E-state index in [4.69, 9.17) is 0 Å². The van der Waals surface area contributed by atoms with Crippen LogP contribution in [0.3, 0.4) is 0 Å². The van der Waals surface area contributed by atoms with E-state index in [0.717, 1.165) is 40.2 Å². The highest BCUT2D eigenvalue weighted by Crippen LogP contribution is 2.37. The van der Waals surface area contributed by atoms with E-state index in [1.165, 1.54) is 5.56 Å². The minimum atomic E-state index is -0.202. The highest BCUT2D eigenvalue weighted by atomic mass is 16.2. The molecule has 2 amide bonds. The van der Waals surface area contributed by atoms with Crippen LogP contribution in [-0.4, -0.2) is 15.5 Å². The van der Waals surface area contributed by atoms with Gasteiger partial charge in [-0.05, 0) is 59.9 Å². The number of rotatable bonds is 3. The number of aromatic nitrogens is 1. The predicted octanol–water partition coefficient (Wildman–Crippen LogP) is 6.49. The van der Waals surface area contributed by atoms with E-state index in [0.29, 0.717) is 6.54 Å². The third kappa shape index (κ3) is 3.58. The molecule has 0 saturated carbocycles. The van der Waals surface area contributed by atoms with E-state index >= 15 is 0 Å². The summed E-state index contributed by atoms with van der Waals surface area (Å²) in [4.78, 5) is 15.7. The van der Waals surface area contributed by atoms with Gasteiger partial charge in [-0.1, -0.05) is 67.6 Å². The summed E-state index contributed by atoms with van der Waals surface area (Å²) < 4.78 is 2.22. The molecule has 0 aliphatic carbocycles. The molecule has 0 fully saturated rings. The summed E-state index contributed by atoms with van der Waals surface area (Å²) in [6.45, 7) is 4.69. The molecule has 0 bridgehead atoms. The van der Waals surface area contributed by atoms with Gasteiger partial charge in [0.2, 0.25) is 0 Å². The summed E-state index contributed by atoms with van der Waals surface area (Å²) in [5, 5.41) is 3.16. The molecule has 0 radical (unpaired) electrons. The third-order valence-corrected chi connectivity index (χ3v) is 6.32. The molecule has 5 rings (SSSR count). The van der Waals surface area contributed by atoms with Crippen molar-refractivity contribution in [3.8, 4) is 5.69 Å². The molecule has 1 aliphatic heterocycles. The van der Waals surface area contributed by atoms with Gasteiger partial charge in [0.15, 0.2) is 0 Å². The molecule has 1 aliphatic rings. The van der Waals surface area contributed by atoms with Crippen LogP contribution in [0, 0.1) is 6.92 Å². The van der Waals surface area contributed by atoms with Crippen LogP contribution < -0.4 is 5.32 Å². The quantitative estimate of drug-likeness (QED) is 0.404. The lowest BCUT2D eigenvalue weighted by Gasteiger charge is -2.31. The number of fused-ring (bicyclic) bond motifs is 3. The van der Waals surface area contributed by atoms with Gasteiger partial charge >= 0.3 is 6.03 Å². The van der Waals surface area contributed by atoms with Crippen LogP contribution >= 0.6 is 0 Å². The topological polar surface area (TPSA) is 37.3 Å². The molecule has 1 aromatic heterocycles. The number of para-hydroxylation sites is 2. The predicted molar refractivity (Wildman–Crippen MR) is 129 cm³/mol. The second kappa shape index (κ2) is 8.39. The number of carbonyl (C=O) groups excluding carboxylic acids is 1. The molecule has 160 valence electrons. The van der Waals surface area contributed by atoms with E-state index in [1.807, 2.05) is 42.2 Å². The first-order chi connectivity index (χ1) is 15.7. The molecule has 0 spiro atoms. The lowest BCUT2D eigenvalue weighted by molar-refractivity contribution is 0.194. The molecule has 1 atom stereocenters. The van der Waals surface area contributed by atoms with Gasteiger partial charge in [-0.25, -0.2) is 4.79 Å². The van der Waals surface area contributed by atoms with Crippen LogP contribution in [-0.2, 0) is 13.0 Å². The highest BCUT2D eigenvalue weighted by Gasteiger charge is 2.33. The van der Waals surface area contributed by atoms with Crippen molar-refractivity contribution in [3.63, 3.8) is 0 Å². The summed E-state index contributed by atoms with van der Waals surface area (Å²) >= 11 is 0. The Bertz CT molecular complexity index is 1260. The number of anilines is 1. The van der Waals surface area contributed by atoms with Crippen LogP contribution in [0.4, 0.5) is 10.5 Å². The Kier molecular flexibility index (Phi) is 5.28. The Morgan fingerprint density at radius 2 is 1.69 bits per heavy atom. The fourth-order valence-corrected chi connectivity index (χ4v) is 4.53. The molecular weight excluding hydrogens is 394 g/mol. The van der Waals surface area contributed by atoms with E-state index in [-0.39, 0.29) is 12.1 Å². The zero-order valence-corrected chi connectivity index (χ0v) is 18.5. The number of nitrogens with one attached hydrogen (secondary N) is 1. The summed E-state index contributed by atoms with van der Waals surface area (Å²) in [5.41, 5.74) is 7.60. The van der Waals surface area contributed by atoms with Gasteiger partial charge in [0, 0.05) is 17.6 Å². The van der Waals surface area contributed by atoms with Crippen molar-refractivity contribution in [2.24, 2.45) is 0 Å². The Morgan fingerprint density at radius 1 is 0.938 bits per heavy atom. The second-order valence-corrected chi connectivity index (χ2v) is 8.30. The molecule has 0 saturated heterocycles. The zero-order valence-electron chi connectivity index (χ0n) is 18.5. The van der Waals surface area contributed by atoms with Crippen LogP contribution in [0.1, 0.15) is 40.9 Å². The Morgan fingerprint density at radius 3 is 2.47 bits per heavy atom. The molecule has 4 heteroatoms. The van der Waals surface area contributed by atoms with E-state index in [9.17, 15) is 4.79 Å². The van der Waals surface area contributed by atoms with Gasteiger partial charge in [-0.15, -0.1) is 0 Å². The van der Waals surface area contributed by atoms with Crippen molar-refractivity contribution < 1.29 is 4.79 Å². The molecule has 32 heavy (non-hydrogen) atoms. The van der Waals surface area contributed by atoms with Crippen LogP contribution in [0.2, 0.25) is 0 Å². The molecular formula is C28H27N3O. The summed E-state index contributed by atoms with van der Waals surface area (Å²) in [6, 6.07) is 28.7. The molecule has 1 N–H and O–H groups in total. The smallest absolute Gasteiger partial charge is 0.318 e. The Balaban J connectivity index is 1.63. The fourth-order valence-electron chi connectivity index (χ4n) is 4.53. The SMILES string of the molecule is CCc1ccc([C@@H]2c3cccn3-c3ccccc3CN2C(=O)Nc2ccccc2C)cc1. The molecule has 2 heterocycles. The minimum Gasteiger partial charge on any atom is -0.318 e. The highest BCUT2D eigenvalue weighted by molar-refractivity contribution is 5.91. The van der Waals surface area contributed by atoms with Crippen molar-refractivity contribution in [1.29, 1.82) is 0 Å². The first-order valence-electron chi connectivity index (χ1n) is 11.1. The van der Waals surface area contributed by atoms with Crippen molar-refractivity contribution in [1.82, 2.24) is 9.47 Å². The number of hydrogen-bond acceptors (Lipinski definition) is 1. The number of aryl methyl sites for hydroxylation is 2. The third-order valence-electron chi connectivity index (χ3n) is 6.32. The average molecular weight is 422 g/mol. The number of urea groups is 1. The minimum absolute atomic E-state index is 0.103. The molecule has 0 unspecified atom stereocenters. The maximum Gasteiger partial charge on any atom is 0.322 e. The van der Waals surface area contributed by atoms with Gasteiger partial charge in [0.25, 0.3) is 0 Å². The van der Waals surface area contributed by atoms with Crippen LogP contribution in [0.15, 0.2) is 91.1 Å². The summed E-state index contributed by atoms with van der Waals surface area (Å²) in [6.07, 6.45) is 3.08. The van der Waals surface area contributed by atoms with Gasteiger partial charge in [0.05, 0.1) is 18.3 Å². The first kappa shape index (κ1) is 20.1. The van der Waals surface area contributed by atoms with Gasteiger partial charge in [-0.2, -0.15) is 0 Å². The van der Waals surface area contributed by atoms with Gasteiger partial charge in [-0.3, -0.25) is 0 Å². The maximum atomic E-state index is 13.7. The molecule has 3 aromatic carbocycles. The van der Waals surface area contributed by atoms with Crippen LogP contribution in [0.5, 0.6) is 0 Å². The van der Waals surface area contributed by atoms with Crippen molar-refractivity contribution in [2.75, 3.05) is 5.32 Å². The Hall–Kier alpha value is -3.79. The van der Waals surface area contributed by atoms with E-state index in [2.05, 4.69) is 77.6 Å². The van der Waals surface area contributed by atoms with Gasteiger partial charge < -0.3 is 14.8 Å². The molecule has 4 aromatic rings. The number of hydrogen-bond donors (Lipinski definition) is 1. The second-order valence-electron chi connectivity index (χ2n) is 8.30. The fraction of sp³-hybridized carbons (Fsp3) is 0.179. The number of benzene rings is 3. The lowest BCUT2D eigenvalue weighted by Crippen LogP contribution is -2.38. The monoisotopic (exact) mass is 421 g/mol. The van der Waals surface area contributed by atoms with Crippen LogP contribution in [0.25, 0.3) is 5.69 Å². The normalized spacial score (nSPS) is 14.9. The first-order valence-corrected chi connectivity index (χ1v) is 11.1. The number of nitrogens with zero attached hydrogens (tertiary/aromatic N) is 2. The van der Waals surface area contributed by atoms with Gasteiger partial charge in [0.1, 0.15) is 0 Å². The maximum absolute atomic E-state index is 13.7. The van der Waals surface area contributed by atoms with Crippen molar-refractivity contribution >= 4 is 11.7 Å². The van der Waals surface area contributed by atoms with E-state index in [1.54, 1.807) is 0 Å².